The summed E-state index contributed by atoms with van der Waals surface area (Å²) < 4.78 is 4.54. The largest absolute Gasteiger partial charge is 0.463 e. The number of hydrogen-bond donors (Lipinski definition) is 1. The van der Waals surface area contributed by atoms with Crippen LogP contribution in [0.1, 0.15) is 18.9 Å². The van der Waals surface area contributed by atoms with Crippen molar-refractivity contribution >= 4 is 28.2 Å². The van der Waals surface area contributed by atoms with Gasteiger partial charge in [0, 0.05) is 12.5 Å². The van der Waals surface area contributed by atoms with Crippen LogP contribution >= 0.6 is 15.9 Å². The third kappa shape index (κ3) is 6.40. The molecule has 116 valence electrons. The van der Waals surface area contributed by atoms with Crippen LogP contribution in [0.15, 0.2) is 30.3 Å². The molecule has 0 bridgehead atoms. The lowest BCUT2D eigenvalue weighted by molar-refractivity contribution is -0.129. The second-order valence-corrected chi connectivity index (χ2v) is 5.49. The van der Waals surface area contributed by atoms with Gasteiger partial charge in [0.15, 0.2) is 0 Å². The van der Waals surface area contributed by atoms with Gasteiger partial charge in [-0.05, 0) is 18.0 Å². The number of carbonyl (C=O) groups is 2. The van der Waals surface area contributed by atoms with Crippen molar-refractivity contribution in [3.63, 3.8) is 0 Å². The Kier molecular flexibility index (Phi) is 8.94. The van der Waals surface area contributed by atoms with Crippen molar-refractivity contribution in [2.75, 3.05) is 18.4 Å². The van der Waals surface area contributed by atoms with Crippen molar-refractivity contribution in [2.45, 2.75) is 20.0 Å². The molecule has 1 N–H and O–H groups in total. The van der Waals surface area contributed by atoms with Gasteiger partial charge in [0.05, 0.1) is 5.33 Å². The van der Waals surface area contributed by atoms with E-state index in [9.17, 15) is 9.59 Å². The molecule has 1 aliphatic rings. The fraction of sp³-hybridized carbons (Fsp3) is 0.500. The maximum atomic E-state index is 11.3. The van der Waals surface area contributed by atoms with Gasteiger partial charge in [-0.25, -0.2) is 0 Å². The molecule has 0 aliphatic carbocycles. The molecule has 0 amide bonds. The molecule has 4 nitrogen and oxygen atoms in total. The van der Waals surface area contributed by atoms with Gasteiger partial charge in [0.1, 0.15) is 12.4 Å². The van der Waals surface area contributed by atoms with E-state index in [1.807, 2.05) is 30.3 Å². The van der Waals surface area contributed by atoms with Gasteiger partial charge < -0.3 is 10.1 Å². The van der Waals surface area contributed by atoms with Crippen molar-refractivity contribution in [3.05, 3.63) is 35.9 Å². The lowest BCUT2D eigenvalue weighted by atomic mass is 9.91. The van der Waals surface area contributed by atoms with Gasteiger partial charge in [-0.1, -0.05) is 59.6 Å². The standard InChI is InChI=1S/C8H14BrNO.C8H8O2/c1-2-6-4-10-5-7(6)8(11)3-9;9-7-10-6-8-4-2-1-3-5-8/h6-7,10H,2-5H2,1H3;1-5,7H,6H2. The van der Waals surface area contributed by atoms with E-state index in [1.165, 1.54) is 0 Å². The van der Waals surface area contributed by atoms with Crippen LogP contribution in [0.3, 0.4) is 0 Å². The number of ether oxygens (including phenoxy) is 1. The van der Waals surface area contributed by atoms with Crippen LogP contribution in [0.25, 0.3) is 0 Å². The van der Waals surface area contributed by atoms with Crippen LogP contribution in [-0.2, 0) is 20.9 Å². The zero-order chi connectivity index (χ0) is 15.5. The summed E-state index contributed by atoms with van der Waals surface area (Å²) in [5, 5.41) is 3.76. The normalized spacial score (nSPS) is 20.3. The van der Waals surface area contributed by atoms with E-state index in [-0.39, 0.29) is 5.92 Å². The number of halogens is 1. The molecule has 2 atom stereocenters. The van der Waals surface area contributed by atoms with Crippen LogP contribution in [0.2, 0.25) is 0 Å². The maximum Gasteiger partial charge on any atom is 0.293 e. The van der Waals surface area contributed by atoms with E-state index in [0.29, 0.717) is 30.1 Å². The predicted octanol–water partition coefficient (Wildman–Crippen LogP) is 2.56. The molecule has 1 heterocycles. The van der Waals surface area contributed by atoms with Gasteiger partial charge in [-0.3, -0.25) is 9.59 Å². The third-order valence-corrected chi connectivity index (χ3v) is 4.12. The third-order valence-electron chi connectivity index (χ3n) is 3.57. The zero-order valence-corrected chi connectivity index (χ0v) is 13.8. The molecular formula is C16H22BrNO3. The van der Waals surface area contributed by atoms with Crippen LogP contribution < -0.4 is 5.32 Å². The number of rotatable bonds is 6. The number of hydrogen-bond acceptors (Lipinski definition) is 4. The van der Waals surface area contributed by atoms with E-state index in [4.69, 9.17) is 0 Å². The molecule has 21 heavy (non-hydrogen) atoms. The van der Waals surface area contributed by atoms with E-state index < -0.39 is 0 Å². The Morgan fingerprint density at radius 3 is 2.67 bits per heavy atom. The number of carbonyl (C=O) groups excluding carboxylic acids is 2. The quantitative estimate of drug-likeness (QED) is 0.629. The Balaban J connectivity index is 0.000000211. The first kappa shape index (κ1) is 17.9. The van der Waals surface area contributed by atoms with Gasteiger partial charge in [0.25, 0.3) is 6.47 Å². The Morgan fingerprint density at radius 2 is 2.10 bits per heavy atom. The van der Waals surface area contributed by atoms with Crippen molar-refractivity contribution < 1.29 is 14.3 Å². The van der Waals surface area contributed by atoms with Crippen LogP contribution in [0.5, 0.6) is 0 Å². The molecule has 1 fully saturated rings. The SMILES string of the molecule is CCC1CNCC1C(=O)CBr.O=COCc1ccccc1. The molecule has 2 rings (SSSR count). The summed E-state index contributed by atoms with van der Waals surface area (Å²) in [6.07, 6.45) is 1.11. The number of Topliss-reactive ketones (excluding diaryl/α,β-unsaturated/α-hetero) is 1. The zero-order valence-electron chi connectivity index (χ0n) is 12.3. The highest BCUT2D eigenvalue weighted by Crippen LogP contribution is 2.21. The minimum Gasteiger partial charge on any atom is -0.463 e. The molecule has 0 radical (unpaired) electrons. The topological polar surface area (TPSA) is 55.4 Å². The molecule has 0 aromatic heterocycles. The average Bonchev–Trinajstić information content (AvgIpc) is 3.02. The highest BCUT2D eigenvalue weighted by atomic mass is 79.9. The average molecular weight is 356 g/mol. The van der Waals surface area contributed by atoms with Gasteiger partial charge in [0.2, 0.25) is 0 Å². The van der Waals surface area contributed by atoms with Gasteiger partial charge >= 0.3 is 0 Å². The first-order valence-corrected chi connectivity index (χ1v) is 8.23. The molecule has 1 aliphatic heterocycles. The Hall–Kier alpha value is -1.20. The minimum atomic E-state index is 0.263. The molecule has 5 heteroatoms. The summed E-state index contributed by atoms with van der Waals surface area (Å²) in [6, 6.07) is 9.55. The molecule has 1 aromatic rings. The van der Waals surface area contributed by atoms with Crippen LogP contribution in [0, 0.1) is 11.8 Å². The molecule has 0 spiro atoms. The number of nitrogens with one attached hydrogen (secondary N) is 1. The van der Waals surface area contributed by atoms with Gasteiger partial charge in [-0.2, -0.15) is 0 Å². The fourth-order valence-corrected chi connectivity index (χ4v) is 2.76. The summed E-state index contributed by atoms with van der Waals surface area (Å²) in [4.78, 5) is 21.1. The second kappa shape index (κ2) is 10.5. The van der Waals surface area contributed by atoms with Gasteiger partial charge in [-0.15, -0.1) is 0 Å². The minimum absolute atomic E-state index is 0.263. The second-order valence-electron chi connectivity index (χ2n) is 4.93. The summed E-state index contributed by atoms with van der Waals surface area (Å²) in [5.41, 5.74) is 1.01. The summed E-state index contributed by atoms with van der Waals surface area (Å²) in [7, 11) is 0. The Morgan fingerprint density at radius 1 is 1.38 bits per heavy atom. The monoisotopic (exact) mass is 355 g/mol. The first-order valence-electron chi connectivity index (χ1n) is 7.11. The molecule has 0 saturated carbocycles. The number of alkyl halides is 1. The number of benzene rings is 1. The number of ketones is 1. The molecule has 1 aromatic carbocycles. The highest BCUT2D eigenvalue weighted by molar-refractivity contribution is 9.09. The molecule has 2 unspecified atom stereocenters. The van der Waals surface area contributed by atoms with E-state index in [2.05, 4.69) is 32.9 Å². The molecule has 1 saturated heterocycles. The van der Waals surface area contributed by atoms with E-state index in [0.717, 1.165) is 25.1 Å². The van der Waals surface area contributed by atoms with Crippen LogP contribution in [0.4, 0.5) is 0 Å². The molecular weight excluding hydrogens is 334 g/mol. The van der Waals surface area contributed by atoms with E-state index >= 15 is 0 Å². The summed E-state index contributed by atoms with van der Waals surface area (Å²) in [6.45, 7) is 4.85. The lowest BCUT2D eigenvalue weighted by Gasteiger charge is -2.13. The predicted molar refractivity (Wildman–Crippen MR) is 86.2 cm³/mol. The van der Waals surface area contributed by atoms with Crippen molar-refractivity contribution in [1.82, 2.24) is 5.32 Å². The highest BCUT2D eigenvalue weighted by Gasteiger charge is 2.30. The first-order chi connectivity index (χ1) is 10.2. The Bertz CT molecular complexity index is 425. The summed E-state index contributed by atoms with van der Waals surface area (Å²) >= 11 is 3.20. The summed E-state index contributed by atoms with van der Waals surface area (Å²) in [5.74, 6) is 1.18. The Labute approximate surface area is 134 Å². The van der Waals surface area contributed by atoms with Crippen molar-refractivity contribution in [1.29, 1.82) is 0 Å². The van der Waals surface area contributed by atoms with Crippen molar-refractivity contribution in [2.24, 2.45) is 11.8 Å². The van der Waals surface area contributed by atoms with E-state index in [1.54, 1.807) is 0 Å². The smallest absolute Gasteiger partial charge is 0.293 e. The van der Waals surface area contributed by atoms with Crippen molar-refractivity contribution in [3.8, 4) is 0 Å². The fourth-order valence-electron chi connectivity index (χ4n) is 2.34. The van der Waals surface area contributed by atoms with Crippen LogP contribution in [-0.4, -0.2) is 30.7 Å². The lowest BCUT2D eigenvalue weighted by Crippen LogP contribution is -2.23. The maximum absolute atomic E-state index is 11.3.